The number of hydrogen-bond acceptors (Lipinski definition) is 2. The molecule has 1 amide bonds. The fourth-order valence-corrected chi connectivity index (χ4v) is 4.35. The Hall–Kier alpha value is -1.59. The number of thiophene rings is 1. The summed E-state index contributed by atoms with van der Waals surface area (Å²) in [6.45, 7) is 3.46. The molecule has 0 aliphatic heterocycles. The summed E-state index contributed by atoms with van der Waals surface area (Å²) in [4.78, 5) is 14.6. The third-order valence-corrected chi connectivity index (χ3v) is 5.55. The molecule has 0 bridgehead atoms. The molecular formula is C17H17BrN2OS. The summed E-state index contributed by atoms with van der Waals surface area (Å²) in [6.07, 6.45) is 0. The second kappa shape index (κ2) is 6.26. The van der Waals surface area contributed by atoms with E-state index in [-0.39, 0.29) is 5.91 Å². The predicted octanol–water partition coefficient (Wildman–Crippen LogP) is 4.76. The highest BCUT2D eigenvalue weighted by Gasteiger charge is 2.20. The number of aryl methyl sites for hydroxylation is 1. The van der Waals surface area contributed by atoms with Gasteiger partial charge in [-0.25, -0.2) is 0 Å². The lowest BCUT2D eigenvalue weighted by atomic mass is 10.2. The molecule has 2 aromatic heterocycles. The Morgan fingerprint density at radius 3 is 2.73 bits per heavy atom. The van der Waals surface area contributed by atoms with Crippen LogP contribution in [0.5, 0.6) is 0 Å². The average molecular weight is 377 g/mol. The minimum Gasteiger partial charge on any atom is -0.336 e. The van der Waals surface area contributed by atoms with Gasteiger partial charge >= 0.3 is 0 Å². The zero-order chi connectivity index (χ0) is 15.7. The largest absolute Gasteiger partial charge is 0.336 e. The van der Waals surface area contributed by atoms with Crippen LogP contribution in [0.3, 0.4) is 0 Å². The molecule has 0 atom stereocenters. The first-order chi connectivity index (χ1) is 10.6. The molecule has 3 rings (SSSR count). The first-order valence-electron chi connectivity index (χ1n) is 7.17. The van der Waals surface area contributed by atoms with Crippen molar-refractivity contribution >= 4 is 43.4 Å². The van der Waals surface area contributed by atoms with Crippen molar-refractivity contribution in [1.82, 2.24) is 9.47 Å². The summed E-state index contributed by atoms with van der Waals surface area (Å²) < 4.78 is 4.28. The first-order valence-corrected chi connectivity index (χ1v) is 8.84. The van der Waals surface area contributed by atoms with Gasteiger partial charge < -0.3 is 9.47 Å². The SMILES string of the molecule is CCn1c(C(=O)N(C)Cc2ccccc2)cc2scc(Br)c21. The van der Waals surface area contributed by atoms with E-state index in [1.54, 1.807) is 16.2 Å². The molecule has 0 spiro atoms. The first kappa shape index (κ1) is 15.3. The summed E-state index contributed by atoms with van der Waals surface area (Å²) in [5, 5.41) is 2.07. The van der Waals surface area contributed by atoms with Crippen LogP contribution < -0.4 is 0 Å². The van der Waals surface area contributed by atoms with Gasteiger partial charge in [-0.1, -0.05) is 30.3 Å². The molecule has 5 heteroatoms. The number of benzene rings is 1. The Morgan fingerprint density at radius 2 is 2.05 bits per heavy atom. The molecule has 0 unspecified atom stereocenters. The molecule has 0 saturated carbocycles. The van der Waals surface area contributed by atoms with Crippen molar-refractivity contribution in [3.05, 3.63) is 57.5 Å². The lowest BCUT2D eigenvalue weighted by molar-refractivity contribution is 0.0775. The van der Waals surface area contributed by atoms with E-state index in [0.29, 0.717) is 6.54 Å². The third-order valence-electron chi connectivity index (χ3n) is 3.72. The topological polar surface area (TPSA) is 25.2 Å². The number of amides is 1. The Morgan fingerprint density at radius 1 is 1.32 bits per heavy atom. The quantitative estimate of drug-likeness (QED) is 0.644. The van der Waals surface area contributed by atoms with Crippen molar-refractivity contribution in [3.63, 3.8) is 0 Å². The molecule has 114 valence electrons. The van der Waals surface area contributed by atoms with Crippen molar-refractivity contribution in [2.75, 3.05) is 7.05 Å². The van der Waals surface area contributed by atoms with Crippen LogP contribution in [0.15, 0.2) is 46.3 Å². The molecule has 0 saturated heterocycles. The maximum absolute atomic E-state index is 12.8. The number of carbonyl (C=O) groups excluding carboxylic acids is 1. The van der Waals surface area contributed by atoms with Gasteiger partial charge in [0.05, 0.1) is 14.7 Å². The minimum atomic E-state index is 0.0565. The van der Waals surface area contributed by atoms with Crippen molar-refractivity contribution < 1.29 is 4.79 Å². The summed E-state index contributed by atoms with van der Waals surface area (Å²) in [5.74, 6) is 0.0565. The van der Waals surface area contributed by atoms with Crippen molar-refractivity contribution in [1.29, 1.82) is 0 Å². The molecular weight excluding hydrogens is 360 g/mol. The maximum atomic E-state index is 12.8. The second-order valence-corrected chi connectivity index (χ2v) is 6.98. The van der Waals surface area contributed by atoms with Crippen LogP contribution in [-0.2, 0) is 13.1 Å². The normalized spacial score (nSPS) is 11.0. The Bertz CT molecular complexity index is 807. The van der Waals surface area contributed by atoms with Gasteiger partial charge in [0.25, 0.3) is 5.91 Å². The highest BCUT2D eigenvalue weighted by molar-refractivity contribution is 9.10. The smallest absolute Gasteiger partial charge is 0.270 e. The van der Waals surface area contributed by atoms with Gasteiger partial charge in [-0.05, 0) is 34.5 Å². The van der Waals surface area contributed by atoms with E-state index in [1.807, 2.05) is 43.4 Å². The number of nitrogens with zero attached hydrogens (tertiary/aromatic N) is 2. The van der Waals surface area contributed by atoms with Gasteiger partial charge in [0, 0.05) is 25.5 Å². The fraction of sp³-hybridized carbons (Fsp3) is 0.235. The van der Waals surface area contributed by atoms with E-state index in [4.69, 9.17) is 0 Å². The lowest BCUT2D eigenvalue weighted by Crippen LogP contribution is -2.28. The molecule has 2 heterocycles. The van der Waals surface area contributed by atoms with Crippen molar-refractivity contribution in [3.8, 4) is 0 Å². The molecule has 22 heavy (non-hydrogen) atoms. The van der Waals surface area contributed by atoms with Crippen LogP contribution in [0, 0.1) is 0 Å². The van der Waals surface area contributed by atoms with E-state index in [2.05, 4.69) is 32.8 Å². The average Bonchev–Trinajstić information content (AvgIpc) is 3.07. The molecule has 0 fully saturated rings. The molecule has 0 aliphatic rings. The maximum Gasteiger partial charge on any atom is 0.270 e. The number of halogens is 1. The second-order valence-electron chi connectivity index (χ2n) is 5.22. The van der Waals surface area contributed by atoms with Crippen molar-refractivity contribution in [2.45, 2.75) is 20.0 Å². The Kier molecular flexibility index (Phi) is 4.36. The van der Waals surface area contributed by atoms with E-state index in [1.165, 1.54) is 0 Å². The number of rotatable bonds is 4. The zero-order valence-electron chi connectivity index (χ0n) is 12.5. The minimum absolute atomic E-state index is 0.0565. The summed E-state index contributed by atoms with van der Waals surface area (Å²) >= 11 is 5.24. The summed E-state index contributed by atoms with van der Waals surface area (Å²) in [5.41, 5.74) is 3.00. The van der Waals surface area contributed by atoms with Crippen LogP contribution in [-0.4, -0.2) is 22.4 Å². The van der Waals surface area contributed by atoms with Crippen LogP contribution in [0.25, 0.3) is 10.2 Å². The van der Waals surface area contributed by atoms with Gasteiger partial charge in [0.15, 0.2) is 0 Å². The van der Waals surface area contributed by atoms with Crippen LogP contribution in [0.2, 0.25) is 0 Å². The Balaban J connectivity index is 1.91. The van der Waals surface area contributed by atoms with Crippen molar-refractivity contribution in [2.24, 2.45) is 0 Å². The fourth-order valence-electron chi connectivity index (χ4n) is 2.66. The highest BCUT2D eigenvalue weighted by Crippen LogP contribution is 2.33. The number of fused-ring (bicyclic) bond motifs is 1. The summed E-state index contributed by atoms with van der Waals surface area (Å²) in [6, 6.07) is 12.1. The third kappa shape index (κ3) is 2.71. The van der Waals surface area contributed by atoms with E-state index < -0.39 is 0 Å². The van der Waals surface area contributed by atoms with E-state index in [9.17, 15) is 4.79 Å². The predicted molar refractivity (Wildman–Crippen MR) is 95.4 cm³/mol. The van der Waals surface area contributed by atoms with E-state index >= 15 is 0 Å². The standard InChI is InChI=1S/C17H17BrN2OS/c1-3-20-14(9-15-16(20)13(18)11-22-15)17(21)19(2)10-12-7-5-4-6-8-12/h4-9,11H,3,10H2,1-2H3. The zero-order valence-corrected chi connectivity index (χ0v) is 14.9. The van der Waals surface area contributed by atoms with Gasteiger partial charge in [-0.2, -0.15) is 0 Å². The number of hydrogen-bond donors (Lipinski definition) is 0. The molecule has 0 aliphatic carbocycles. The monoisotopic (exact) mass is 376 g/mol. The number of carbonyl (C=O) groups is 1. The Labute approximate surface area is 142 Å². The number of aromatic nitrogens is 1. The summed E-state index contributed by atoms with van der Waals surface area (Å²) in [7, 11) is 1.85. The molecule has 0 radical (unpaired) electrons. The van der Waals surface area contributed by atoms with Crippen LogP contribution in [0.1, 0.15) is 23.0 Å². The highest BCUT2D eigenvalue weighted by atomic mass is 79.9. The van der Waals surface area contributed by atoms with Gasteiger partial charge in [0.1, 0.15) is 5.69 Å². The molecule has 1 aromatic carbocycles. The van der Waals surface area contributed by atoms with Gasteiger partial charge in [-0.3, -0.25) is 4.79 Å². The van der Waals surface area contributed by atoms with Gasteiger partial charge in [0.2, 0.25) is 0 Å². The van der Waals surface area contributed by atoms with Crippen LogP contribution >= 0.6 is 27.3 Å². The van der Waals surface area contributed by atoms with Crippen LogP contribution in [0.4, 0.5) is 0 Å². The molecule has 3 nitrogen and oxygen atoms in total. The van der Waals surface area contributed by atoms with Gasteiger partial charge in [-0.15, -0.1) is 11.3 Å². The molecule has 0 N–H and O–H groups in total. The molecule has 3 aromatic rings. The lowest BCUT2D eigenvalue weighted by Gasteiger charge is -2.18. The van der Waals surface area contributed by atoms with E-state index in [0.717, 1.165) is 32.5 Å².